The van der Waals surface area contributed by atoms with E-state index in [1.807, 2.05) is 11.8 Å². The Morgan fingerprint density at radius 1 is 1.64 bits per heavy atom. The third kappa shape index (κ3) is 4.67. The first kappa shape index (κ1) is 11.6. The number of thioether (sulfide) groups is 1. The predicted molar refractivity (Wildman–Crippen MR) is 61.5 cm³/mol. The van der Waals surface area contributed by atoms with Crippen molar-refractivity contribution in [3.8, 4) is 0 Å². The molecular formula is C10H18N2OS. The van der Waals surface area contributed by atoms with Gasteiger partial charge in [0.05, 0.1) is 6.54 Å². The first-order valence-electron chi connectivity index (χ1n) is 4.99. The van der Waals surface area contributed by atoms with Crippen molar-refractivity contribution in [2.24, 2.45) is 5.92 Å². The number of hydrogen-bond acceptors (Lipinski definition) is 3. The van der Waals surface area contributed by atoms with Crippen LogP contribution in [0.4, 0.5) is 0 Å². The molecule has 1 amide bonds. The summed E-state index contributed by atoms with van der Waals surface area (Å²) in [6.07, 6.45) is 2.99. The molecule has 1 fully saturated rings. The van der Waals surface area contributed by atoms with Gasteiger partial charge in [0.25, 0.3) is 0 Å². The smallest absolute Gasteiger partial charge is 0.233 e. The number of amides is 1. The Kier molecular flexibility index (Phi) is 5.71. The van der Waals surface area contributed by atoms with Crippen LogP contribution in [0.15, 0.2) is 12.7 Å². The fourth-order valence-corrected chi connectivity index (χ4v) is 2.64. The van der Waals surface area contributed by atoms with Crippen LogP contribution in [0.1, 0.15) is 6.42 Å². The van der Waals surface area contributed by atoms with Crippen molar-refractivity contribution in [3.05, 3.63) is 12.7 Å². The van der Waals surface area contributed by atoms with Crippen LogP contribution in [-0.4, -0.2) is 37.0 Å². The van der Waals surface area contributed by atoms with Gasteiger partial charge in [-0.05, 0) is 23.8 Å². The molecule has 3 nitrogen and oxygen atoms in total. The molecule has 1 aliphatic rings. The van der Waals surface area contributed by atoms with Gasteiger partial charge in [-0.25, -0.2) is 0 Å². The summed E-state index contributed by atoms with van der Waals surface area (Å²) in [6.45, 7) is 5.49. The zero-order valence-corrected chi connectivity index (χ0v) is 9.24. The lowest BCUT2D eigenvalue weighted by Crippen LogP contribution is -2.36. The first-order chi connectivity index (χ1) is 6.83. The van der Waals surface area contributed by atoms with Crippen LogP contribution in [0.5, 0.6) is 0 Å². The van der Waals surface area contributed by atoms with Crippen LogP contribution in [0.2, 0.25) is 0 Å². The highest BCUT2D eigenvalue weighted by atomic mass is 32.2. The average Bonchev–Trinajstić information content (AvgIpc) is 2.68. The molecule has 1 unspecified atom stereocenters. The molecule has 2 N–H and O–H groups in total. The average molecular weight is 214 g/mol. The molecule has 80 valence electrons. The summed E-state index contributed by atoms with van der Waals surface area (Å²) < 4.78 is 0. The number of rotatable bonds is 6. The number of carbonyl (C=O) groups is 1. The Bertz CT molecular complexity index is 191. The topological polar surface area (TPSA) is 41.1 Å². The maximum Gasteiger partial charge on any atom is 0.233 e. The van der Waals surface area contributed by atoms with Crippen LogP contribution in [0.25, 0.3) is 0 Å². The van der Waals surface area contributed by atoms with E-state index in [2.05, 4.69) is 17.2 Å². The summed E-state index contributed by atoms with van der Waals surface area (Å²) in [4.78, 5) is 11.3. The minimum Gasteiger partial charge on any atom is -0.355 e. The molecule has 0 aromatic heterocycles. The Morgan fingerprint density at radius 3 is 3.14 bits per heavy atom. The molecule has 0 saturated carbocycles. The monoisotopic (exact) mass is 214 g/mol. The summed E-state index contributed by atoms with van der Waals surface area (Å²) in [5.74, 6) is 3.21. The Hall–Kier alpha value is -0.480. The van der Waals surface area contributed by atoms with Gasteiger partial charge in [0.15, 0.2) is 0 Å². The summed E-state index contributed by atoms with van der Waals surface area (Å²) in [6, 6.07) is 0. The van der Waals surface area contributed by atoms with Crippen molar-refractivity contribution in [1.29, 1.82) is 0 Å². The highest BCUT2D eigenvalue weighted by molar-refractivity contribution is 7.99. The fourth-order valence-electron chi connectivity index (χ4n) is 1.35. The molecule has 1 rings (SSSR count). The molecule has 0 bridgehead atoms. The number of hydrogen-bond donors (Lipinski definition) is 2. The lowest BCUT2D eigenvalue weighted by atomic mass is 10.1. The minimum absolute atomic E-state index is 0.0868. The summed E-state index contributed by atoms with van der Waals surface area (Å²) >= 11 is 1.98. The molecule has 0 aliphatic carbocycles. The van der Waals surface area contributed by atoms with Crippen LogP contribution < -0.4 is 10.6 Å². The minimum atomic E-state index is 0.0868. The second-order valence-corrected chi connectivity index (χ2v) is 4.60. The molecule has 1 atom stereocenters. The van der Waals surface area contributed by atoms with E-state index in [4.69, 9.17) is 0 Å². The van der Waals surface area contributed by atoms with Gasteiger partial charge < -0.3 is 10.6 Å². The van der Waals surface area contributed by atoms with E-state index in [1.165, 1.54) is 17.9 Å². The SMILES string of the molecule is C=CCNCC(=O)NCC1CCSC1. The van der Waals surface area contributed by atoms with E-state index in [-0.39, 0.29) is 5.91 Å². The second kappa shape index (κ2) is 6.90. The van der Waals surface area contributed by atoms with Gasteiger partial charge in [0.1, 0.15) is 0 Å². The van der Waals surface area contributed by atoms with Crippen molar-refractivity contribution in [3.63, 3.8) is 0 Å². The molecule has 1 aliphatic heterocycles. The molecule has 0 spiro atoms. The largest absolute Gasteiger partial charge is 0.355 e. The second-order valence-electron chi connectivity index (χ2n) is 3.45. The van der Waals surface area contributed by atoms with Crippen LogP contribution >= 0.6 is 11.8 Å². The van der Waals surface area contributed by atoms with Crippen molar-refractivity contribution in [1.82, 2.24) is 10.6 Å². The Balaban J connectivity index is 1.99. The van der Waals surface area contributed by atoms with Gasteiger partial charge in [-0.15, -0.1) is 6.58 Å². The van der Waals surface area contributed by atoms with Crippen LogP contribution in [0.3, 0.4) is 0 Å². The van der Waals surface area contributed by atoms with Gasteiger partial charge in [0, 0.05) is 13.1 Å². The zero-order chi connectivity index (χ0) is 10.2. The van der Waals surface area contributed by atoms with E-state index in [1.54, 1.807) is 6.08 Å². The van der Waals surface area contributed by atoms with E-state index in [0.717, 1.165) is 6.54 Å². The summed E-state index contributed by atoms with van der Waals surface area (Å²) in [5, 5.41) is 5.91. The van der Waals surface area contributed by atoms with Crippen LogP contribution in [-0.2, 0) is 4.79 Å². The van der Waals surface area contributed by atoms with Gasteiger partial charge in [-0.3, -0.25) is 4.79 Å². The third-order valence-electron chi connectivity index (χ3n) is 2.19. The lowest BCUT2D eigenvalue weighted by Gasteiger charge is -2.09. The zero-order valence-electron chi connectivity index (χ0n) is 8.42. The standard InChI is InChI=1S/C10H18N2OS/c1-2-4-11-7-10(13)12-6-9-3-5-14-8-9/h2,9,11H,1,3-8H2,(H,12,13). The van der Waals surface area contributed by atoms with E-state index in [0.29, 0.717) is 19.0 Å². The lowest BCUT2D eigenvalue weighted by molar-refractivity contribution is -0.120. The van der Waals surface area contributed by atoms with Crippen molar-refractivity contribution >= 4 is 17.7 Å². The van der Waals surface area contributed by atoms with Gasteiger partial charge in [-0.2, -0.15) is 11.8 Å². The third-order valence-corrected chi connectivity index (χ3v) is 3.42. The van der Waals surface area contributed by atoms with Crippen LogP contribution in [0, 0.1) is 5.92 Å². The molecule has 14 heavy (non-hydrogen) atoms. The summed E-state index contributed by atoms with van der Waals surface area (Å²) in [7, 11) is 0. The normalized spacial score (nSPS) is 20.7. The van der Waals surface area contributed by atoms with Crippen molar-refractivity contribution in [2.45, 2.75) is 6.42 Å². The number of nitrogens with one attached hydrogen (secondary N) is 2. The van der Waals surface area contributed by atoms with Gasteiger partial charge in [0.2, 0.25) is 5.91 Å². The molecule has 1 heterocycles. The molecule has 4 heteroatoms. The van der Waals surface area contributed by atoms with E-state index in [9.17, 15) is 4.79 Å². The van der Waals surface area contributed by atoms with Crippen molar-refractivity contribution < 1.29 is 4.79 Å². The fraction of sp³-hybridized carbons (Fsp3) is 0.700. The Labute approximate surface area is 89.7 Å². The molecule has 0 radical (unpaired) electrons. The van der Waals surface area contributed by atoms with Gasteiger partial charge in [-0.1, -0.05) is 6.08 Å². The molecule has 0 aromatic rings. The molecular weight excluding hydrogens is 196 g/mol. The highest BCUT2D eigenvalue weighted by Gasteiger charge is 2.15. The predicted octanol–water partition coefficient (Wildman–Crippen LogP) is 0.631. The quantitative estimate of drug-likeness (QED) is 0.503. The van der Waals surface area contributed by atoms with E-state index < -0.39 is 0 Å². The van der Waals surface area contributed by atoms with E-state index >= 15 is 0 Å². The summed E-state index contributed by atoms with van der Waals surface area (Å²) in [5.41, 5.74) is 0. The first-order valence-corrected chi connectivity index (χ1v) is 6.14. The van der Waals surface area contributed by atoms with Gasteiger partial charge >= 0.3 is 0 Å². The van der Waals surface area contributed by atoms with Crippen molar-refractivity contribution in [2.75, 3.05) is 31.1 Å². The molecule has 0 aromatic carbocycles. The number of carbonyl (C=O) groups excluding carboxylic acids is 1. The molecule has 1 saturated heterocycles. The highest BCUT2D eigenvalue weighted by Crippen LogP contribution is 2.22. The maximum absolute atomic E-state index is 11.3. The maximum atomic E-state index is 11.3. The Morgan fingerprint density at radius 2 is 2.50 bits per heavy atom.